The molecule has 0 fully saturated rings. The van der Waals surface area contributed by atoms with Crippen molar-refractivity contribution in [3.05, 3.63) is 92.8 Å². The van der Waals surface area contributed by atoms with Gasteiger partial charge in [-0.2, -0.15) is 0 Å². The van der Waals surface area contributed by atoms with Crippen molar-refractivity contribution in [1.29, 1.82) is 0 Å². The van der Waals surface area contributed by atoms with Crippen molar-refractivity contribution in [2.45, 2.75) is 38.3 Å². The lowest BCUT2D eigenvalue weighted by atomic mass is 9.93. The van der Waals surface area contributed by atoms with E-state index in [9.17, 15) is 4.79 Å². The summed E-state index contributed by atoms with van der Waals surface area (Å²) in [5.41, 5.74) is 3.72. The maximum Gasteiger partial charge on any atom is 0.262 e. The Morgan fingerprint density at radius 3 is 2.72 bits per heavy atom. The highest BCUT2D eigenvalue weighted by molar-refractivity contribution is 7.18. The molecule has 0 saturated heterocycles. The Balaban J connectivity index is 1.27. The molecule has 5 nitrogen and oxygen atoms in total. The summed E-state index contributed by atoms with van der Waals surface area (Å²) >= 11 is 1.69. The lowest BCUT2D eigenvalue weighted by molar-refractivity contribution is 0.414. The van der Waals surface area contributed by atoms with Crippen LogP contribution in [0.2, 0.25) is 0 Å². The van der Waals surface area contributed by atoms with Gasteiger partial charge in [-0.15, -0.1) is 11.3 Å². The molecule has 5 rings (SSSR count). The van der Waals surface area contributed by atoms with E-state index in [0.717, 1.165) is 53.8 Å². The summed E-state index contributed by atoms with van der Waals surface area (Å²) in [5, 5.41) is 4.55. The second-order valence-corrected chi connectivity index (χ2v) is 9.42. The Morgan fingerprint density at radius 1 is 1.12 bits per heavy atom. The van der Waals surface area contributed by atoms with Crippen LogP contribution in [0.3, 0.4) is 0 Å². The van der Waals surface area contributed by atoms with E-state index in [1.165, 1.54) is 16.0 Å². The summed E-state index contributed by atoms with van der Waals surface area (Å²) < 4.78 is 6.97. The van der Waals surface area contributed by atoms with E-state index < -0.39 is 0 Å². The fraction of sp³-hybridized carbons (Fsp3) is 0.308. The highest BCUT2D eigenvalue weighted by atomic mass is 32.1. The molecule has 1 aliphatic rings. The summed E-state index contributed by atoms with van der Waals surface area (Å²) in [7, 11) is 1.69. The van der Waals surface area contributed by atoms with Gasteiger partial charge in [-0.3, -0.25) is 9.36 Å². The predicted molar refractivity (Wildman–Crippen MR) is 130 cm³/mol. The van der Waals surface area contributed by atoms with Crippen LogP contribution in [0.5, 0.6) is 5.75 Å². The number of aromatic nitrogens is 2. The number of thiophene rings is 1. The van der Waals surface area contributed by atoms with Gasteiger partial charge < -0.3 is 10.1 Å². The number of rotatable bonds is 7. The van der Waals surface area contributed by atoms with Gasteiger partial charge in [-0.25, -0.2) is 4.98 Å². The summed E-state index contributed by atoms with van der Waals surface area (Å²) in [6.07, 6.45) is 5.64. The van der Waals surface area contributed by atoms with Crippen molar-refractivity contribution in [2.75, 3.05) is 13.7 Å². The summed E-state index contributed by atoms with van der Waals surface area (Å²) in [6, 6.07) is 18.8. The molecular formula is C26H27N3O2S. The number of ether oxygens (including phenoxy) is 1. The molecule has 2 aromatic heterocycles. The molecule has 0 radical (unpaired) electrons. The first-order valence-electron chi connectivity index (χ1n) is 11.1. The minimum atomic E-state index is 0.0854. The molecule has 32 heavy (non-hydrogen) atoms. The Morgan fingerprint density at radius 2 is 1.94 bits per heavy atom. The number of nitrogens with one attached hydrogen (secondary N) is 1. The lowest BCUT2D eigenvalue weighted by Gasteiger charge is -2.23. The third-order valence-electron chi connectivity index (χ3n) is 6.24. The predicted octanol–water partition coefficient (Wildman–Crippen LogP) is 4.20. The van der Waals surface area contributed by atoms with Gasteiger partial charge >= 0.3 is 0 Å². The van der Waals surface area contributed by atoms with Crippen molar-refractivity contribution >= 4 is 21.6 Å². The first kappa shape index (κ1) is 20.9. The number of hydrogen-bond donors (Lipinski definition) is 1. The second-order valence-electron chi connectivity index (χ2n) is 8.34. The molecule has 0 bridgehead atoms. The fourth-order valence-corrected chi connectivity index (χ4v) is 5.74. The van der Waals surface area contributed by atoms with Gasteiger partial charge in [0.05, 0.1) is 25.4 Å². The van der Waals surface area contributed by atoms with E-state index in [1.54, 1.807) is 29.3 Å². The van der Waals surface area contributed by atoms with Crippen LogP contribution in [0.1, 0.15) is 28.0 Å². The first-order chi connectivity index (χ1) is 15.7. The molecule has 0 amide bonds. The molecule has 2 aromatic carbocycles. The molecular weight excluding hydrogens is 418 g/mol. The average Bonchev–Trinajstić information content (AvgIpc) is 3.20. The van der Waals surface area contributed by atoms with Gasteiger partial charge in [-0.05, 0) is 61.1 Å². The minimum Gasteiger partial charge on any atom is -0.497 e. The number of benzene rings is 2. The van der Waals surface area contributed by atoms with Crippen LogP contribution < -0.4 is 15.6 Å². The molecule has 6 heteroatoms. The van der Waals surface area contributed by atoms with Crippen molar-refractivity contribution in [3.63, 3.8) is 0 Å². The van der Waals surface area contributed by atoms with Crippen LogP contribution in [-0.2, 0) is 25.8 Å². The summed E-state index contributed by atoms with van der Waals surface area (Å²) in [4.78, 5) is 20.1. The Hall–Kier alpha value is -2.96. The van der Waals surface area contributed by atoms with Gasteiger partial charge in [0, 0.05) is 10.9 Å². The number of aryl methyl sites for hydroxylation is 1. The highest BCUT2D eigenvalue weighted by Gasteiger charge is 2.25. The maximum atomic E-state index is 13.2. The second kappa shape index (κ2) is 9.27. The first-order valence-corrected chi connectivity index (χ1v) is 11.9. The molecule has 1 atom stereocenters. The van der Waals surface area contributed by atoms with Crippen molar-refractivity contribution in [1.82, 2.24) is 14.9 Å². The lowest BCUT2D eigenvalue weighted by Crippen LogP contribution is -2.35. The number of hydrogen-bond acceptors (Lipinski definition) is 5. The summed E-state index contributed by atoms with van der Waals surface area (Å²) in [6.45, 7) is 1.50. The smallest absolute Gasteiger partial charge is 0.262 e. The Labute approximate surface area is 191 Å². The number of fused-ring (bicyclic) bond motifs is 3. The standard InChI is InChI=1S/C26H27N3O2S/c1-31-21-10-7-18(8-11-21)13-14-27-20-9-12-22-23(15-20)32-25-24(22)26(30)29(17-28-25)16-19-5-3-2-4-6-19/h2-8,10-11,17,20,27H,9,12-16H2,1H3. The Kier molecular flexibility index (Phi) is 6.06. The quantitative estimate of drug-likeness (QED) is 0.463. The fourth-order valence-electron chi connectivity index (χ4n) is 4.48. The van der Waals surface area contributed by atoms with E-state index >= 15 is 0 Å². The van der Waals surface area contributed by atoms with E-state index in [1.807, 2.05) is 42.5 Å². The van der Waals surface area contributed by atoms with Crippen LogP contribution >= 0.6 is 11.3 Å². The molecule has 4 aromatic rings. The van der Waals surface area contributed by atoms with Gasteiger partial charge in [0.25, 0.3) is 5.56 Å². The van der Waals surface area contributed by atoms with E-state index in [0.29, 0.717) is 12.6 Å². The molecule has 1 aliphatic carbocycles. The average molecular weight is 446 g/mol. The normalized spacial score (nSPS) is 15.6. The zero-order valence-electron chi connectivity index (χ0n) is 18.2. The number of methoxy groups -OCH3 is 1. The van der Waals surface area contributed by atoms with Crippen molar-refractivity contribution < 1.29 is 4.74 Å². The van der Waals surface area contributed by atoms with Gasteiger partial charge in [0.15, 0.2) is 0 Å². The van der Waals surface area contributed by atoms with Crippen LogP contribution in [0, 0.1) is 0 Å². The SMILES string of the molecule is COc1ccc(CCNC2CCc3c(sc4ncn(Cc5ccccc5)c(=O)c34)C2)cc1. The van der Waals surface area contributed by atoms with Crippen LogP contribution in [0.4, 0.5) is 0 Å². The number of nitrogens with zero attached hydrogens (tertiary/aromatic N) is 2. The maximum absolute atomic E-state index is 13.2. The molecule has 0 aliphatic heterocycles. The third kappa shape index (κ3) is 4.33. The van der Waals surface area contributed by atoms with E-state index in [4.69, 9.17) is 4.74 Å². The minimum absolute atomic E-state index is 0.0854. The topological polar surface area (TPSA) is 56.1 Å². The molecule has 164 valence electrons. The zero-order valence-corrected chi connectivity index (χ0v) is 19.0. The molecule has 2 heterocycles. The monoisotopic (exact) mass is 445 g/mol. The van der Waals surface area contributed by atoms with Gasteiger partial charge in [0.1, 0.15) is 10.6 Å². The molecule has 0 spiro atoms. The highest BCUT2D eigenvalue weighted by Crippen LogP contribution is 2.33. The van der Waals surface area contributed by atoms with Gasteiger partial charge in [0.2, 0.25) is 0 Å². The third-order valence-corrected chi connectivity index (χ3v) is 7.40. The van der Waals surface area contributed by atoms with Crippen molar-refractivity contribution in [3.8, 4) is 5.75 Å². The van der Waals surface area contributed by atoms with Crippen LogP contribution in [0.25, 0.3) is 10.2 Å². The van der Waals surface area contributed by atoms with E-state index in [-0.39, 0.29) is 5.56 Å². The molecule has 0 saturated carbocycles. The van der Waals surface area contributed by atoms with Crippen LogP contribution in [-0.4, -0.2) is 29.2 Å². The largest absolute Gasteiger partial charge is 0.497 e. The van der Waals surface area contributed by atoms with Crippen molar-refractivity contribution in [2.24, 2.45) is 0 Å². The van der Waals surface area contributed by atoms with E-state index in [2.05, 4.69) is 22.4 Å². The molecule has 1 N–H and O–H groups in total. The zero-order chi connectivity index (χ0) is 21.9. The molecule has 1 unspecified atom stereocenters. The van der Waals surface area contributed by atoms with Crippen LogP contribution in [0.15, 0.2) is 65.7 Å². The van der Waals surface area contributed by atoms with Gasteiger partial charge in [-0.1, -0.05) is 42.5 Å². The Bertz CT molecular complexity index is 1260. The summed E-state index contributed by atoms with van der Waals surface area (Å²) in [5.74, 6) is 0.891.